The number of halogens is 1. The van der Waals surface area contributed by atoms with Crippen LogP contribution in [0.2, 0.25) is 0 Å². The zero-order valence-corrected chi connectivity index (χ0v) is 10.1. The molecule has 0 aliphatic heterocycles. The van der Waals surface area contributed by atoms with Crippen LogP contribution in [0, 0.1) is 5.82 Å². The van der Waals surface area contributed by atoms with Gasteiger partial charge in [-0.25, -0.2) is 4.39 Å². The molecule has 1 aromatic rings. The average Bonchev–Trinajstić information content (AvgIpc) is 2.75. The van der Waals surface area contributed by atoms with Gasteiger partial charge in [-0.3, -0.25) is 4.98 Å². The molecule has 0 radical (unpaired) electrons. The van der Waals surface area contributed by atoms with Gasteiger partial charge in [-0.05, 0) is 31.9 Å². The molecule has 0 bridgehead atoms. The molecule has 1 aromatic heterocycles. The fraction of sp³-hybridized carbons (Fsp3) is 0.615. The van der Waals surface area contributed by atoms with Gasteiger partial charge in [-0.15, -0.1) is 0 Å². The summed E-state index contributed by atoms with van der Waals surface area (Å²) in [6.45, 7) is 2.55. The lowest BCUT2D eigenvalue weighted by Crippen LogP contribution is -2.39. The zero-order valence-electron chi connectivity index (χ0n) is 10.1. The summed E-state index contributed by atoms with van der Waals surface area (Å²) in [7, 11) is 0. The Bertz CT molecular complexity index is 360. The highest BCUT2D eigenvalue weighted by Crippen LogP contribution is 2.29. The maximum absolute atomic E-state index is 12.7. The molecule has 1 aliphatic carbocycles. The molecule has 0 spiro atoms. The van der Waals surface area contributed by atoms with Gasteiger partial charge in [0.2, 0.25) is 0 Å². The Morgan fingerprint density at radius 1 is 1.47 bits per heavy atom. The molecule has 0 saturated heterocycles. The molecule has 1 unspecified atom stereocenters. The van der Waals surface area contributed by atoms with Gasteiger partial charge in [0.1, 0.15) is 5.82 Å². The van der Waals surface area contributed by atoms with Crippen molar-refractivity contribution in [3.63, 3.8) is 0 Å². The molecule has 17 heavy (non-hydrogen) atoms. The van der Waals surface area contributed by atoms with Crippen molar-refractivity contribution in [3.05, 3.63) is 29.8 Å². The number of hydrogen-bond acceptors (Lipinski definition) is 3. The van der Waals surface area contributed by atoms with Gasteiger partial charge in [0.25, 0.3) is 0 Å². The van der Waals surface area contributed by atoms with Crippen LogP contribution in [0.25, 0.3) is 0 Å². The molecule has 0 amide bonds. The van der Waals surface area contributed by atoms with Crippen molar-refractivity contribution in [1.82, 2.24) is 10.3 Å². The van der Waals surface area contributed by atoms with E-state index in [0.717, 1.165) is 31.4 Å². The summed E-state index contributed by atoms with van der Waals surface area (Å²) in [5, 5.41) is 13.5. The fourth-order valence-corrected chi connectivity index (χ4v) is 2.30. The van der Waals surface area contributed by atoms with Gasteiger partial charge < -0.3 is 10.4 Å². The second-order valence-electron chi connectivity index (χ2n) is 4.94. The molecule has 2 N–H and O–H groups in total. The summed E-state index contributed by atoms with van der Waals surface area (Å²) >= 11 is 0. The van der Waals surface area contributed by atoms with Gasteiger partial charge in [-0.2, -0.15) is 0 Å². The van der Waals surface area contributed by atoms with Crippen molar-refractivity contribution in [1.29, 1.82) is 0 Å². The van der Waals surface area contributed by atoms with Gasteiger partial charge in [0.05, 0.1) is 17.5 Å². The van der Waals surface area contributed by atoms with E-state index in [1.54, 1.807) is 6.07 Å². The Morgan fingerprint density at radius 2 is 2.18 bits per heavy atom. The van der Waals surface area contributed by atoms with Crippen LogP contribution in [0.15, 0.2) is 18.3 Å². The van der Waals surface area contributed by atoms with Gasteiger partial charge in [-0.1, -0.05) is 12.8 Å². The van der Waals surface area contributed by atoms with E-state index >= 15 is 0 Å². The lowest BCUT2D eigenvalue weighted by Gasteiger charge is -2.25. The molecule has 1 saturated carbocycles. The molecular weight excluding hydrogens is 219 g/mol. The highest BCUT2D eigenvalue weighted by molar-refractivity contribution is 5.09. The molecule has 3 nitrogen and oxygen atoms in total. The topological polar surface area (TPSA) is 45.1 Å². The molecule has 1 atom stereocenters. The van der Waals surface area contributed by atoms with Crippen LogP contribution in [0.1, 0.15) is 44.3 Å². The third-order valence-electron chi connectivity index (χ3n) is 3.47. The Balaban J connectivity index is 1.88. The monoisotopic (exact) mass is 238 g/mol. The minimum atomic E-state index is -0.561. The van der Waals surface area contributed by atoms with Gasteiger partial charge in [0.15, 0.2) is 0 Å². The van der Waals surface area contributed by atoms with Crippen LogP contribution in [0.3, 0.4) is 0 Å². The number of hydrogen-bond donors (Lipinski definition) is 2. The first-order chi connectivity index (χ1) is 8.09. The summed E-state index contributed by atoms with van der Waals surface area (Å²) in [4.78, 5) is 4.03. The van der Waals surface area contributed by atoms with E-state index in [0.29, 0.717) is 6.54 Å². The molecule has 2 rings (SSSR count). The van der Waals surface area contributed by atoms with E-state index in [-0.39, 0.29) is 11.9 Å². The first-order valence-corrected chi connectivity index (χ1v) is 6.16. The van der Waals surface area contributed by atoms with E-state index in [4.69, 9.17) is 0 Å². The maximum atomic E-state index is 12.7. The van der Waals surface area contributed by atoms with Crippen LogP contribution in [0.5, 0.6) is 0 Å². The number of rotatable bonds is 4. The van der Waals surface area contributed by atoms with E-state index in [2.05, 4.69) is 10.3 Å². The highest BCUT2D eigenvalue weighted by atomic mass is 19.1. The Kier molecular flexibility index (Phi) is 3.74. The second kappa shape index (κ2) is 5.10. The van der Waals surface area contributed by atoms with Crippen LogP contribution >= 0.6 is 0 Å². The summed E-state index contributed by atoms with van der Waals surface area (Å²) in [5.74, 6) is -0.324. The molecule has 1 fully saturated rings. The maximum Gasteiger partial charge on any atom is 0.141 e. The summed E-state index contributed by atoms with van der Waals surface area (Å²) in [6.07, 6.45) is 5.15. The first kappa shape index (κ1) is 12.5. The van der Waals surface area contributed by atoms with E-state index < -0.39 is 5.60 Å². The first-order valence-electron chi connectivity index (χ1n) is 6.16. The molecule has 4 heteroatoms. The number of aliphatic hydroxyl groups is 1. The summed E-state index contributed by atoms with van der Waals surface area (Å²) in [5.41, 5.74) is 0.238. The SMILES string of the molecule is CC(NCC1(O)CCCC1)c1ccc(F)cn1. The quantitative estimate of drug-likeness (QED) is 0.845. The number of nitrogens with one attached hydrogen (secondary N) is 1. The molecule has 0 aromatic carbocycles. The van der Waals surface area contributed by atoms with E-state index in [9.17, 15) is 9.50 Å². The molecule has 1 aliphatic rings. The Labute approximate surface area is 101 Å². The average molecular weight is 238 g/mol. The minimum Gasteiger partial charge on any atom is -0.389 e. The third kappa shape index (κ3) is 3.23. The van der Waals surface area contributed by atoms with Gasteiger partial charge >= 0.3 is 0 Å². The molecular formula is C13H19FN2O. The van der Waals surface area contributed by atoms with Crippen molar-refractivity contribution >= 4 is 0 Å². The standard InChI is InChI=1S/C13H19FN2O/c1-10(12-5-4-11(14)8-15-12)16-9-13(17)6-2-3-7-13/h4-5,8,10,16-17H,2-3,6-7,9H2,1H3. The van der Waals surface area contributed by atoms with Crippen LogP contribution < -0.4 is 5.32 Å². The molecule has 1 heterocycles. The van der Waals surface area contributed by atoms with E-state index in [1.807, 2.05) is 6.92 Å². The van der Waals surface area contributed by atoms with Crippen molar-refractivity contribution in [2.75, 3.05) is 6.54 Å². The van der Waals surface area contributed by atoms with Crippen LogP contribution in [0.4, 0.5) is 4.39 Å². The van der Waals surface area contributed by atoms with Crippen molar-refractivity contribution in [2.45, 2.75) is 44.2 Å². The Morgan fingerprint density at radius 3 is 2.76 bits per heavy atom. The largest absolute Gasteiger partial charge is 0.389 e. The van der Waals surface area contributed by atoms with Crippen molar-refractivity contribution in [2.24, 2.45) is 0 Å². The van der Waals surface area contributed by atoms with Crippen LogP contribution in [-0.4, -0.2) is 22.2 Å². The number of nitrogens with zero attached hydrogens (tertiary/aromatic N) is 1. The lowest BCUT2D eigenvalue weighted by atomic mass is 10.0. The predicted molar refractivity (Wildman–Crippen MR) is 64.0 cm³/mol. The second-order valence-corrected chi connectivity index (χ2v) is 4.94. The van der Waals surface area contributed by atoms with Crippen LogP contribution in [-0.2, 0) is 0 Å². The smallest absolute Gasteiger partial charge is 0.141 e. The normalized spacial score (nSPS) is 20.4. The minimum absolute atomic E-state index is 0.0280. The summed E-state index contributed by atoms with van der Waals surface area (Å²) in [6, 6.07) is 3.11. The fourth-order valence-electron chi connectivity index (χ4n) is 2.30. The third-order valence-corrected chi connectivity index (χ3v) is 3.47. The van der Waals surface area contributed by atoms with Crippen molar-refractivity contribution < 1.29 is 9.50 Å². The number of aromatic nitrogens is 1. The summed E-state index contributed by atoms with van der Waals surface area (Å²) < 4.78 is 12.7. The number of pyridine rings is 1. The van der Waals surface area contributed by atoms with Crippen molar-refractivity contribution in [3.8, 4) is 0 Å². The Hall–Kier alpha value is -1.00. The van der Waals surface area contributed by atoms with E-state index in [1.165, 1.54) is 12.3 Å². The highest BCUT2D eigenvalue weighted by Gasteiger charge is 2.31. The molecule has 94 valence electrons. The zero-order chi connectivity index (χ0) is 12.3. The lowest BCUT2D eigenvalue weighted by molar-refractivity contribution is 0.0452. The van der Waals surface area contributed by atoms with Gasteiger partial charge in [0, 0.05) is 12.6 Å². The predicted octanol–water partition coefficient (Wildman–Crippen LogP) is 2.18.